The van der Waals surface area contributed by atoms with Crippen LogP contribution in [0.2, 0.25) is 0 Å². The molecule has 1 rings (SSSR count). The summed E-state index contributed by atoms with van der Waals surface area (Å²) in [6.07, 6.45) is 1.98. The number of hydrogen-bond donors (Lipinski definition) is 1. The maximum atomic E-state index is 12.4. The van der Waals surface area contributed by atoms with Gasteiger partial charge in [0.05, 0.1) is 0 Å². The van der Waals surface area contributed by atoms with E-state index in [4.69, 9.17) is 0 Å². The Bertz CT molecular complexity index is 497. The van der Waals surface area contributed by atoms with E-state index >= 15 is 0 Å². The number of nitrogens with one attached hydrogen (secondary N) is 1. The first-order valence-corrected chi connectivity index (χ1v) is 9.83. The molecule has 0 radical (unpaired) electrons. The van der Waals surface area contributed by atoms with Crippen LogP contribution in [-0.4, -0.2) is 44.9 Å². The van der Waals surface area contributed by atoms with Crippen molar-refractivity contribution >= 4 is 33.1 Å². The Morgan fingerprint density at radius 2 is 2.16 bits per heavy atom. The minimum absolute atomic E-state index is 0.446. The van der Waals surface area contributed by atoms with Gasteiger partial charge in [-0.15, -0.1) is 11.3 Å². The van der Waals surface area contributed by atoms with E-state index in [1.807, 2.05) is 20.1 Å². The van der Waals surface area contributed by atoms with Crippen molar-refractivity contribution in [1.82, 2.24) is 9.62 Å². The summed E-state index contributed by atoms with van der Waals surface area (Å²) in [7, 11) is -1.68. The second kappa shape index (κ2) is 7.64. The lowest BCUT2D eigenvalue weighted by Gasteiger charge is -2.14. The fourth-order valence-electron chi connectivity index (χ4n) is 1.52. The number of aryl methyl sites for hydroxylation is 1. The van der Waals surface area contributed by atoms with Gasteiger partial charge >= 0.3 is 0 Å². The quantitative estimate of drug-likeness (QED) is 0.797. The number of nitrogens with zero attached hydrogens (tertiary/aromatic N) is 1. The first-order valence-electron chi connectivity index (χ1n) is 6.18. The van der Waals surface area contributed by atoms with Crippen molar-refractivity contribution in [2.24, 2.45) is 0 Å². The highest BCUT2D eigenvalue weighted by Gasteiger charge is 2.23. The molecule has 0 aliphatic heterocycles. The van der Waals surface area contributed by atoms with E-state index in [9.17, 15) is 8.42 Å². The van der Waals surface area contributed by atoms with Crippen LogP contribution in [0.15, 0.2) is 10.3 Å². The zero-order chi connectivity index (χ0) is 14.5. The van der Waals surface area contributed by atoms with Crippen LogP contribution in [0.4, 0.5) is 0 Å². The molecule has 0 aromatic carbocycles. The van der Waals surface area contributed by atoms with Gasteiger partial charge in [-0.3, -0.25) is 0 Å². The summed E-state index contributed by atoms with van der Waals surface area (Å²) in [4.78, 5) is 1.10. The summed E-state index contributed by atoms with van der Waals surface area (Å²) in [6.45, 7) is 6.16. The molecule has 0 saturated carbocycles. The molecular formula is C12H22N2O2S3. The Kier molecular flexibility index (Phi) is 6.82. The normalized spacial score (nSPS) is 12.3. The van der Waals surface area contributed by atoms with Crippen LogP contribution in [0.5, 0.6) is 0 Å². The molecule has 110 valence electrons. The van der Waals surface area contributed by atoms with E-state index in [-0.39, 0.29) is 0 Å². The van der Waals surface area contributed by atoms with Crippen LogP contribution >= 0.6 is 23.1 Å². The lowest BCUT2D eigenvalue weighted by Crippen LogP contribution is -2.28. The van der Waals surface area contributed by atoms with Crippen molar-refractivity contribution in [2.75, 3.05) is 32.1 Å². The molecule has 0 amide bonds. The highest BCUT2D eigenvalue weighted by molar-refractivity contribution is 7.98. The fourth-order valence-corrected chi connectivity index (χ4v) is 5.04. The Morgan fingerprint density at radius 1 is 1.47 bits per heavy atom. The lowest BCUT2D eigenvalue weighted by atomic mass is 10.3. The third-order valence-corrected chi connectivity index (χ3v) is 6.94. The van der Waals surface area contributed by atoms with E-state index in [2.05, 4.69) is 5.32 Å². The van der Waals surface area contributed by atoms with E-state index in [1.54, 1.807) is 24.9 Å². The van der Waals surface area contributed by atoms with Crippen LogP contribution in [0, 0.1) is 6.92 Å². The summed E-state index contributed by atoms with van der Waals surface area (Å²) < 4.78 is 26.7. The number of thiophene rings is 1. The predicted molar refractivity (Wildman–Crippen MR) is 84.6 cm³/mol. The number of hydrogen-bond acceptors (Lipinski definition) is 5. The van der Waals surface area contributed by atoms with Gasteiger partial charge in [-0.1, -0.05) is 6.92 Å². The molecule has 4 nitrogen and oxygen atoms in total. The topological polar surface area (TPSA) is 49.4 Å². The second-order valence-electron chi connectivity index (χ2n) is 4.27. The molecular weight excluding hydrogens is 300 g/mol. The maximum absolute atomic E-state index is 12.4. The third kappa shape index (κ3) is 4.46. The molecule has 0 unspecified atom stereocenters. The van der Waals surface area contributed by atoms with Crippen molar-refractivity contribution in [3.63, 3.8) is 0 Å². The van der Waals surface area contributed by atoms with Crippen molar-refractivity contribution in [3.8, 4) is 0 Å². The fraction of sp³-hybridized carbons (Fsp3) is 0.667. The summed E-state index contributed by atoms with van der Waals surface area (Å²) in [5.74, 6) is 0.810. The Morgan fingerprint density at radius 3 is 2.74 bits per heavy atom. The largest absolute Gasteiger partial charge is 0.312 e. The van der Waals surface area contributed by atoms with Crippen molar-refractivity contribution in [3.05, 3.63) is 16.5 Å². The average molecular weight is 323 g/mol. The highest BCUT2D eigenvalue weighted by Crippen LogP contribution is 2.28. The first-order chi connectivity index (χ1) is 8.93. The SMILES string of the molecule is CCNCc1sc(S(=O)(=O)N(C)CCSC)cc1C. The summed E-state index contributed by atoms with van der Waals surface area (Å²) in [6, 6.07) is 1.78. The van der Waals surface area contributed by atoms with Gasteiger partial charge in [0.2, 0.25) is 0 Å². The molecule has 7 heteroatoms. The van der Waals surface area contributed by atoms with Crippen LogP contribution in [0.25, 0.3) is 0 Å². The Balaban J connectivity index is 2.89. The second-order valence-corrected chi connectivity index (χ2v) is 8.67. The number of sulfonamides is 1. The molecule has 0 fully saturated rings. The zero-order valence-electron chi connectivity index (χ0n) is 11.9. The van der Waals surface area contributed by atoms with Crippen molar-refractivity contribution in [1.29, 1.82) is 0 Å². The van der Waals surface area contributed by atoms with Gasteiger partial charge in [0, 0.05) is 30.8 Å². The molecule has 0 aliphatic carbocycles. The number of rotatable bonds is 8. The third-order valence-electron chi connectivity index (χ3n) is 2.81. The van der Waals surface area contributed by atoms with Crippen LogP contribution in [-0.2, 0) is 16.6 Å². The van der Waals surface area contributed by atoms with Crippen molar-refractivity contribution in [2.45, 2.75) is 24.6 Å². The first kappa shape index (κ1) is 17.0. The molecule has 0 atom stereocenters. The molecule has 1 aromatic heterocycles. The highest BCUT2D eigenvalue weighted by atomic mass is 32.2. The Hall–Kier alpha value is -0.0800. The molecule has 0 bridgehead atoms. The van der Waals surface area contributed by atoms with Crippen LogP contribution < -0.4 is 5.32 Å². The van der Waals surface area contributed by atoms with E-state index in [0.717, 1.165) is 29.3 Å². The molecule has 1 aromatic rings. The summed E-state index contributed by atoms with van der Waals surface area (Å²) >= 11 is 3.02. The summed E-state index contributed by atoms with van der Waals surface area (Å²) in [5.41, 5.74) is 1.04. The Labute approximate surface area is 124 Å². The lowest BCUT2D eigenvalue weighted by molar-refractivity contribution is 0.490. The predicted octanol–water partition coefficient (Wildman–Crippen LogP) is 2.15. The maximum Gasteiger partial charge on any atom is 0.252 e. The van der Waals surface area contributed by atoms with Crippen molar-refractivity contribution < 1.29 is 8.42 Å². The monoisotopic (exact) mass is 322 g/mol. The molecule has 0 aliphatic rings. The van der Waals surface area contributed by atoms with E-state index < -0.39 is 10.0 Å². The standard InChI is InChI=1S/C12H22N2O2S3/c1-5-13-9-11-10(2)8-12(18-11)19(15,16)14(3)6-7-17-4/h8,13H,5-7,9H2,1-4H3. The summed E-state index contributed by atoms with van der Waals surface area (Å²) in [5, 5.41) is 3.23. The molecule has 1 N–H and O–H groups in total. The van der Waals surface area contributed by atoms with Gasteiger partial charge in [-0.05, 0) is 31.4 Å². The van der Waals surface area contributed by atoms with E-state index in [1.165, 1.54) is 15.6 Å². The minimum atomic E-state index is -3.33. The van der Waals surface area contributed by atoms with Crippen LogP contribution in [0.1, 0.15) is 17.4 Å². The average Bonchev–Trinajstić information content (AvgIpc) is 2.75. The molecule has 19 heavy (non-hydrogen) atoms. The van der Waals surface area contributed by atoms with Gasteiger partial charge in [-0.25, -0.2) is 8.42 Å². The van der Waals surface area contributed by atoms with E-state index in [0.29, 0.717) is 10.8 Å². The molecule has 1 heterocycles. The minimum Gasteiger partial charge on any atom is -0.312 e. The number of thioether (sulfide) groups is 1. The van der Waals surface area contributed by atoms with Gasteiger partial charge in [0.15, 0.2) is 0 Å². The smallest absolute Gasteiger partial charge is 0.252 e. The molecule has 0 saturated heterocycles. The zero-order valence-corrected chi connectivity index (χ0v) is 14.3. The van der Waals surface area contributed by atoms with Gasteiger partial charge in [0.1, 0.15) is 4.21 Å². The molecule has 0 spiro atoms. The van der Waals surface area contributed by atoms with Gasteiger partial charge in [-0.2, -0.15) is 16.1 Å². The van der Waals surface area contributed by atoms with Gasteiger partial charge in [0.25, 0.3) is 10.0 Å². The van der Waals surface area contributed by atoms with Crippen LogP contribution in [0.3, 0.4) is 0 Å². The van der Waals surface area contributed by atoms with Gasteiger partial charge < -0.3 is 5.32 Å².